The van der Waals surface area contributed by atoms with Crippen LogP contribution in [0.4, 0.5) is 8.78 Å². The zero-order valence-corrected chi connectivity index (χ0v) is 6.80. The van der Waals surface area contributed by atoms with Crippen molar-refractivity contribution in [2.75, 3.05) is 0 Å². The van der Waals surface area contributed by atoms with Crippen LogP contribution in [0.5, 0.6) is 5.75 Å². The molecular weight excluding hydrogens is 177 g/mol. The predicted molar refractivity (Wildman–Crippen MR) is 45.4 cm³/mol. The molecule has 1 aromatic rings. The number of hydrogen-bond acceptors (Lipinski definition) is 2. The lowest BCUT2D eigenvalue weighted by Gasteiger charge is -2.04. The number of benzene rings is 1. The number of halogens is 2. The Labute approximate surface area is 75.1 Å². The Morgan fingerprint density at radius 3 is 2.77 bits per heavy atom. The molecule has 68 valence electrons. The maximum atomic E-state index is 12.8. The SMILES string of the molecule is C=COBOc1ccc(F)cc1F. The van der Waals surface area contributed by atoms with Gasteiger partial charge in [0, 0.05) is 6.07 Å². The standard InChI is InChI=1S/C8H7BF2O2/c1-2-12-9-13-8-4-3-6(10)5-7(8)11/h2-5,9H,1H2. The van der Waals surface area contributed by atoms with Crippen LogP contribution < -0.4 is 4.65 Å². The lowest BCUT2D eigenvalue weighted by atomic mass is 10.3. The van der Waals surface area contributed by atoms with Crippen LogP contribution in [-0.4, -0.2) is 7.69 Å². The van der Waals surface area contributed by atoms with E-state index in [4.69, 9.17) is 4.65 Å². The number of hydrogen-bond donors (Lipinski definition) is 0. The molecule has 0 radical (unpaired) electrons. The summed E-state index contributed by atoms with van der Waals surface area (Å²) < 4.78 is 34.6. The highest BCUT2D eigenvalue weighted by molar-refractivity contribution is 6.19. The molecule has 0 saturated heterocycles. The molecule has 0 atom stereocenters. The van der Waals surface area contributed by atoms with Crippen LogP contribution in [0.25, 0.3) is 0 Å². The lowest BCUT2D eigenvalue weighted by molar-refractivity contribution is 0.398. The molecule has 0 fully saturated rings. The van der Waals surface area contributed by atoms with E-state index in [2.05, 4.69) is 11.2 Å². The smallest absolute Gasteiger partial charge is 0.535 e. The molecule has 1 rings (SSSR count). The number of rotatable bonds is 4. The Hall–Kier alpha value is -1.52. The van der Waals surface area contributed by atoms with Gasteiger partial charge in [-0.25, -0.2) is 8.78 Å². The van der Waals surface area contributed by atoms with Crippen LogP contribution >= 0.6 is 0 Å². The predicted octanol–water partition coefficient (Wildman–Crippen LogP) is 1.77. The molecule has 0 unspecified atom stereocenters. The molecule has 0 saturated carbocycles. The second kappa shape index (κ2) is 4.50. The van der Waals surface area contributed by atoms with Crippen molar-refractivity contribution in [2.24, 2.45) is 0 Å². The largest absolute Gasteiger partial charge is 0.576 e. The van der Waals surface area contributed by atoms with Crippen molar-refractivity contribution in [3.05, 3.63) is 42.7 Å². The Kier molecular flexibility index (Phi) is 3.31. The van der Waals surface area contributed by atoms with E-state index in [0.29, 0.717) is 0 Å². The van der Waals surface area contributed by atoms with E-state index < -0.39 is 11.6 Å². The highest BCUT2D eigenvalue weighted by Crippen LogP contribution is 2.16. The molecule has 1 aromatic carbocycles. The maximum Gasteiger partial charge on any atom is 0.576 e. The zero-order valence-electron chi connectivity index (χ0n) is 6.80. The van der Waals surface area contributed by atoms with Crippen molar-refractivity contribution in [1.29, 1.82) is 0 Å². The van der Waals surface area contributed by atoms with Gasteiger partial charge in [-0.15, -0.1) is 0 Å². The van der Waals surface area contributed by atoms with Gasteiger partial charge in [0.15, 0.2) is 5.82 Å². The van der Waals surface area contributed by atoms with Gasteiger partial charge < -0.3 is 9.31 Å². The average molecular weight is 184 g/mol. The topological polar surface area (TPSA) is 18.5 Å². The van der Waals surface area contributed by atoms with E-state index in [0.717, 1.165) is 12.1 Å². The van der Waals surface area contributed by atoms with Gasteiger partial charge in [0.1, 0.15) is 11.6 Å². The van der Waals surface area contributed by atoms with Crippen LogP contribution in [-0.2, 0) is 4.65 Å². The van der Waals surface area contributed by atoms with Crippen molar-refractivity contribution in [2.45, 2.75) is 0 Å². The third-order valence-electron chi connectivity index (χ3n) is 1.29. The molecule has 2 nitrogen and oxygen atoms in total. The van der Waals surface area contributed by atoms with Crippen molar-refractivity contribution < 1.29 is 18.1 Å². The van der Waals surface area contributed by atoms with E-state index in [9.17, 15) is 8.78 Å². The third-order valence-corrected chi connectivity index (χ3v) is 1.29. The van der Waals surface area contributed by atoms with Gasteiger partial charge in [0.25, 0.3) is 0 Å². The van der Waals surface area contributed by atoms with E-state index in [-0.39, 0.29) is 13.4 Å². The maximum absolute atomic E-state index is 12.8. The third kappa shape index (κ3) is 2.78. The Morgan fingerprint density at radius 2 is 2.15 bits per heavy atom. The van der Waals surface area contributed by atoms with Gasteiger partial charge in [0.2, 0.25) is 0 Å². The second-order valence-corrected chi connectivity index (χ2v) is 2.17. The quantitative estimate of drug-likeness (QED) is 0.403. The second-order valence-electron chi connectivity index (χ2n) is 2.17. The summed E-state index contributed by atoms with van der Waals surface area (Å²) in [5.41, 5.74) is 0. The summed E-state index contributed by atoms with van der Waals surface area (Å²) in [7, 11) is -0.147. The van der Waals surface area contributed by atoms with Crippen molar-refractivity contribution in [3.63, 3.8) is 0 Å². The van der Waals surface area contributed by atoms with Gasteiger partial charge in [-0.2, -0.15) is 0 Å². The first-order valence-corrected chi connectivity index (χ1v) is 3.54. The molecule has 0 amide bonds. The molecule has 0 aliphatic carbocycles. The van der Waals surface area contributed by atoms with Crippen LogP contribution in [0.2, 0.25) is 0 Å². The lowest BCUT2D eigenvalue weighted by Crippen LogP contribution is -2.05. The molecule has 0 bridgehead atoms. The summed E-state index contributed by atoms with van der Waals surface area (Å²) in [5, 5.41) is 0. The normalized spacial score (nSPS) is 9.08. The molecular formula is C8H7BF2O2. The molecule has 0 aromatic heterocycles. The molecule has 0 aliphatic heterocycles. The first kappa shape index (κ1) is 9.57. The van der Waals surface area contributed by atoms with Crippen LogP contribution in [0, 0.1) is 11.6 Å². The first-order chi connectivity index (χ1) is 6.24. The molecule has 0 heterocycles. The van der Waals surface area contributed by atoms with Crippen LogP contribution in [0.1, 0.15) is 0 Å². The van der Waals surface area contributed by atoms with E-state index in [1.807, 2.05) is 0 Å². The van der Waals surface area contributed by atoms with Gasteiger partial charge in [-0.1, -0.05) is 6.58 Å². The minimum Gasteiger partial charge on any atom is -0.535 e. The Balaban J connectivity index is 2.61. The zero-order chi connectivity index (χ0) is 9.68. The average Bonchev–Trinajstić information content (AvgIpc) is 2.09. The molecule has 13 heavy (non-hydrogen) atoms. The minimum absolute atomic E-state index is 0.0525. The van der Waals surface area contributed by atoms with Crippen LogP contribution in [0.15, 0.2) is 31.0 Å². The monoisotopic (exact) mass is 184 g/mol. The van der Waals surface area contributed by atoms with Crippen LogP contribution in [0.3, 0.4) is 0 Å². The molecule has 0 spiro atoms. The van der Waals surface area contributed by atoms with Crippen molar-refractivity contribution in [3.8, 4) is 5.75 Å². The van der Waals surface area contributed by atoms with Crippen molar-refractivity contribution >= 4 is 7.69 Å². The molecule has 5 heteroatoms. The van der Waals surface area contributed by atoms with Gasteiger partial charge >= 0.3 is 7.69 Å². The fourth-order valence-corrected chi connectivity index (χ4v) is 0.738. The fourth-order valence-electron chi connectivity index (χ4n) is 0.738. The van der Waals surface area contributed by atoms with Gasteiger partial charge in [0.05, 0.1) is 6.26 Å². The summed E-state index contributed by atoms with van der Waals surface area (Å²) in [5.74, 6) is -1.45. The first-order valence-electron chi connectivity index (χ1n) is 3.54. The summed E-state index contributed by atoms with van der Waals surface area (Å²) in [4.78, 5) is 0. The van der Waals surface area contributed by atoms with Gasteiger partial charge in [-0.3, -0.25) is 0 Å². The summed E-state index contributed by atoms with van der Waals surface area (Å²) in [6.07, 6.45) is 1.17. The van der Waals surface area contributed by atoms with Crippen molar-refractivity contribution in [1.82, 2.24) is 0 Å². The van der Waals surface area contributed by atoms with E-state index in [1.54, 1.807) is 0 Å². The highest BCUT2D eigenvalue weighted by atomic mass is 19.1. The molecule has 0 N–H and O–H groups in total. The van der Waals surface area contributed by atoms with E-state index >= 15 is 0 Å². The highest BCUT2D eigenvalue weighted by Gasteiger charge is 2.04. The Morgan fingerprint density at radius 1 is 1.38 bits per heavy atom. The minimum atomic E-state index is -0.757. The summed E-state index contributed by atoms with van der Waals surface area (Å²) in [6.45, 7) is 3.27. The summed E-state index contributed by atoms with van der Waals surface area (Å²) in [6, 6.07) is 3.03. The molecule has 0 aliphatic rings. The fraction of sp³-hybridized carbons (Fsp3) is 0. The van der Waals surface area contributed by atoms with Gasteiger partial charge in [-0.05, 0) is 12.1 Å². The Bertz CT molecular complexity index is 304. The van der Waals surface area contributed by atoms with E-state index in [1.165, 1.54) is 12.3 Å². The summed E-state index contributed by atoms with van der Waals surface area (Å²) >= 11 is 0.